The van der Waals surface area contributed by atoms with Crippen molar-refractivity contribution in [2.24, 2.45) is 11.7 Å². The van der Waals surface area contributed by atoms with Gasteiger partial charge in [0.05, 0.1) is 0 Å². The van der Waals surface area contributed by atoms with E-state index in [4.69, 9.17) is 25.5 Å². The highest BCUT2D eigenvalue weighted by atomic mass is 79.9. The number of piperidine rings is 1. The van der Waals surface area contributed by atoms with E-state index in [1.807, 2.05) is 24.3 Å². The summed E-state index contributed by atoms with van der Waals surface area (Å²) in [5, 5.41) is 17.1. The predicted octanol–water partition coefficient (Wildman–Crippen LogP) is 3.99. The Bertz CT molecular complexity index is 1120. The van der Waals surface area contributed by atoms with Gasteiger partial charge in [-0.1, -0.05) is 28.1 Å². The van der Waals surface area contributed by atoms with Crippen molar-refractivity contribution >= 4 is 45.4 Å². The summed E-state index contributed by atoms with van der Waals surface area (Å²) in [6.07, 6.45) is -5.62. The molecule has 17 heteroatoms. The van der Waals surface area contributed by atoms with Gasteiger partial charge in [0, 0.05) is 41.6 Å². The first kappa shape index (κ1) is 34.3. The number of amides is 2. The van der Waals surface area contributed by atoms with Crippen molar-refractivity contribution in [3.63, 3.8) is 0 Å². The van der Waals surface area contributed by atoms with Gasteiger partial charge in [-0.05, 0) is 42.7 Å². The molecule has 3 rings (SSSR count). The number of hydrogen-bond donors (Lipinski definition) is 4. The lowest BCUT2D eigenvalue weighted by molar-refractivity contribution is -0.193. The van der Waals surface area contributed by atoms with Crippen molar-refractivity contribution in [3.8, 4) is 0 Å². The average molecular weight is 645 g/mol. The van der Waals surface area contributed by atoms with Gasteiger partial charge in [0.1, 0.15) is 6.04 Å². The summed E-state index contributed by atoms with van der Waals surface area (Å²) in [5.41, 5.74) is 7.65. The number of halogens is 7. The van der Waals surface area contributed by atoms with Crippen LogP contribution in [0.1, 0.15) is 24.4 Å². The molecule has 0 radical (unpaired) electrons. The number of rotatable bonds is 4. The Morgan fingerprint density at radius 1 is 0.900 bits per heavy atom. The van der Waals surface area contributed by atoms with E-state index in [2.05, 4.69) is 26.2 Å². The number of nitrogens with two attached hydrogens (primary N) is 1. The second kappa shape index (κ2) is 15.2. The van der Waals surface area contributed by atoms with Crippen LogP contribution >= 0.6 is 15.9 Å². The summed E-state index contributed by atoms with van der Waals surface area (Å²) in [5.74, 6) is -5.73. The van der Waals surface area contributed by atoms with E-state index in [9.17, 15) is 35.9 Å². The normalized spacial score (nSPS) is 14.4. The average Bonchev–Trinajstić information content (AvgIpc) is 2.88. The summed E-state index contributed by atoms with van der Waals surface area (Å²) in [6, 6.07) is 10.3. The first-order valence-electron chi connectivity index (χ1n) is 11.0. The minimum absolute atomic E-state index is 0.0134. The molecule has 2 amide bonds. The lowest BCUT2D eigenvalue weighted by atomic mass is 9.95. The highest BCUT2D eigenvalue weighted by Crippen LogP contribution is 2.23. The molecule has 0 saturated carbocycles. The smallest absolute Gasteiger partial charge is 0.475 e. The number of pyridine rings is 1. The number of carboxylic acid groups (broad SMARTS) is 2. The SMILES string of the molecule is NC(C(=O)N1CCC(C(=O)Nc2ccncc2)CC1)c1ccc(Br)cc1.O=C(O)C(F)(F)F.O=C(O)C(F)(F)F. The first-order chi connectivity index (χ1) is 18.4. The van der Waals surface area contributed by atoms with Crippen LogP contribution in [0.15, 0.2) is 53.3 Å². The second-order valence-corrected chi connectivity index (χ2v) is 8.88. The van der Waals surface area contributed by atoms with Gasteiger partial charge < -0.3 is 26.2 Å². The zero-order chi connectivity index (χ0) is 30.7. The summed E-state index contributed by atoms with van der Waals surface area (Å²) in [4.78, 5) is 48.5. The number of carbonyl (C=O) groups excluding carboxylic acids is 2. The van der Waals surface area contributed by atoms with E-state index >= 15 is 0 Å². The molecule has 1 unspecified atom stereocenters. The number of aliphatic carboxylic acids is 2. The minimum atomic E-state index is -5.08. The molecule has 1 fully saturated rings. The molecule has 220 valence electrons. The van der Waals surface area contributed by atoms with Gasteiger partial charge in [-0.25, -0.2) is 9.59 Å². The largest absolute Gasteiger partial charge is 0.490 e. The highest BCUT2D eigenvalue weighted by Gasteiger charge is 2.39. The lowest BCUT2D eigenvalue weighted by Gasteiger charge is -2.33. The van der Waals surface area contributed by atoms with Crippen molar-refractivity contribution in [2.45, 2.75) is 31.2 Å². The van der Waals surface area contributed by atoms with Crippen LogP contribution in [0, 0.1) is 5.92 Å². The third-order valence-corrected chi connectivity index (χ3v) is 5.63. The number of nitrogens with one attached hydrogen (secondary N) is 1. The number of aromatic nitrogens is 1. The molecular weight excluding hydrogens is 622 g/mol. The molecule has 2 heterocycles. The quantitative estimate of drug-likeness (QED) is 0.363. The zero-order valence-electron chi connectivity index (χ0n) is 20.2. The molecule has 0 bridgehead atoms. The Labute approximate surface area is 231 Å². The number of likely N-dealkylation sites (tertiary alicyclic amines) is 1. The summed E-state index contributed by atoms with van der Waals surface area (Å²) >= 11 is 3.37. The number of anilines is 1. The van der Waals surface area contributed by atoms with Crippen LogP contribution in [0.3, 0.4) is 0 Å². The molecule has 40 heavy (non-hydrogen) atoms. The molecule has 2 aromatic rings. The summed E-state index contributed by atoms with van der Waals surface area (Å²) in [7, 11) is 0. The van der Waals surface area contributed by atoms with Crippen LogP contribution in [-0.4, -0.2) is 69.3 Å². The molecule has 1 aromatic carbocycles. The lowest BCUT2D eigenvalue weighted by Crippen LogP contribution is -2.45. The van der Waals surface area contributed by atoms with Gasteiger partial charge in [0.2, 0.25) is 11.8 Å². The number of benzene rings is 1. The highest BCUT2D eigenvalue weighted by molar-refractivity contribution is 9.10. The molecule has 0 aliphatic carbocycles. The fourth-order valence-corrected chi connectivity index (χ4v) is 3.32. The molecule has 1 aliphatic rings. The number of carbonyl (C=O) groups is 4. The maximum absolute atomic E-state index is 12.6. The summed E-state index contributed by atoms with van der Waals surface area (Å²) < 4.78 is 64.4. The van der Waals surface area contributed by atoms with Crippen LogP contribution in [0.25, 0.3) is 0 Å². The van der Waals surface area contributed by atoms with E-state index in [1.165, 1.54) is 0 Å². The van der Waals surface area contributed by atoms with Crippen LogP contribution in [-0.2, 0) is 19.2 Å². The monoisotopic (exact) mass is 644 g/mol. The molecule has 1 saturated heterocycles. The third-order valence-electron chi connectivity index (χ3n) is 5.11. The zero-order valence-corrected chi connectivity index (χ0v) is 21.8. The van der Waals surface area contributed by atoms with Crippen molar-refractivity contribution in [1.82, 2.24) is 9.88 Å². The fourth-order valence-electron chi connectivity index (χ4n) is 3.05. The molecule has 10 nitrogen and oxygen atoms in total. The van der Waals surface area contributed by atoms with Crippen molar-refractivity contribution < 1.29 is 55.7 Å². The fraction of sp³-hybridized carbons (Fsp3) is 0.348. The van der Waals surface area contributed by atoms with Crippen molar-refractivity contribution in [2.75, 3.05) is 18.4 Å². The Hall–Kier alpha value is -3.73. The minimum Gasteiger partial charge on any atom is -0.475 e. The molecular formula is C23H23BrF6N4O6. The Morgan fingerprint density at radius 2 is 1.32 bits per heavy atom. The Balaban J connectivity index is 0.000000473. The predicted molar refractivity (Wildman–Crippen MR) is 131 cm³/mol. The number of alkyl halides is 6. The van der Waals surface area contributed by atoms with Crippen LogP contribution in [0.5, 0.6) is 0 Å². The van der Waals surface area contributed by atoms with Crippen LogP contribution in [0.4, 0.5) is 32.0 Å². The van der Waals surface area contributed by atoms with Crippen molar-refractivity contribution in [1.29, 1.82) is 0 Å². The van der Waals surface area contributed by atoms with Crippen LogP contribution in [0.2, 0.25) is 0 Å². The van der Waals surface area contributed by atoms with E-state index < -0.39 is 30.3 Å². The standard InChI is InChI=1S/C19H21BrN4O2.2C2HF3O2/c20-15-3-1-13(2-4-15)17(21)19(26)24-11-7-14(8-12-24)18(25)23-16-5-9-22-10-6-16;2*3-2(4,5)1(6)7/h1-6,9-10,14,17H,7-8,11-12,21H2,(H,22,23,25);2*(H,6,7). The maximum atomic E-state index is 12.6. The number of nitrogens with zero attached hydrogens (tertiary/aromatic N) is 2. The Kier molecular flexibility index (Phi) is 13.0. The molecule has 5 N–H and O–H groups in total. The van der Waals surface area contributed by atoms with Gasteiger partial charge in [0.25, 0.3) is 0 Å². The van der Waals surface area contributed by atoms with E-state index in [0.29, 0.717) is 25.9 Å². The second-order valence-electron chi connectivity index (χ2n) is 7.96. The molecule has 1 aromatic heterocycles. The first-order valence-corrected chi connectivity index (χ1v) is 11.8. The van der Waals surface area contributed by atoms with Gasteiger partial charge in [0.15, 0.2) is 0 Å². The molecule has 0 spiro atoms. The maximum Gasteiger partial charge on any atom is 0.490 e. The summed E-state index contributed by atoms with van der Waals surface area (Å²) in [6.45, 7) is 1.08. The molecule has 1 aliphatic heterocycles. The van der Waals surface area contributed by atoms with Gasteiger partial charge in [-0.15, -0.1) is 0 Å². The number of carboxylic acids is 2. The van der Waals surface area contributed by atoms with Gasteiger partial charge in [-0.2, -0.15) is 26.3 Å². The van der Waals surface area contributed by atoms with Gasteiger partial charge in [-0.3, -0.25) is 14.6 Å². The number of hydrogen-bond acceptors (Lipinski definition) is 6. The van der Waals surface area contributed by atoms with E-state index in [-0.39, 0.29) is 17.7 Å². The molecule has 1 atom stereocenters. The topological polar surface area (TPSA) is 163 Å². The third kappa shape index (κ3) is 12.0. The van der Waals surface area contributed by atoms with Gasteiger partial charge >= 0.3 is 24.3 Å². The van der Waals surface area contributed by atoms with Crippen LogP contribution < -0.4 is 11.1 Å². The van der Waals surface area contributed by atoms with E-state index in [0.717, 1.165) is 15.7 Å². The van der Waals surface area contributed by atoms with Crippen molar-refractivity contribution in [3.05, 3.63) is 58.8 Å². The Morgan fingerprint density at radius 3 is 1.73 bits per heavy atom. The van der Waals surface area contributed by atoms with E-state index in [1.54, 1.807) is 29.4 Å².